The fraction of sp³-hybridized carbons (Fsp3) is 0.571. The van der Waals surface area contributed by atoms with E-state index in [1.54, 1.807) is 0 Å². The van der Waals surface area contributed by atoms with Crippen LogP contribution >= 0.6 is 0 Å². The van der Waals surface area contributed by atoms with Gasteiger partial charge in [0.2, 0.25) is 0 Å². The Morgan fingerprint density at radius 1 is 0.484 bits per heavy atom. The summed E-state index contributed by atoms with van der Waals surface area (Å²) in [6.45, 7) is 6.02. The highest BCUT2D eigenvalue weighted by Gasteiger charge is 2.42. The van der Waals surface area contributed by atoms with Gasteiger partial charge >= 0.3 is 8.56 Å². The summed E-state index contributed by atoms with van der Waals surface area (Å²) < 4.78 is 13.4. The highest BCUT2D eigenvalue weighted by molar-refractivity contribution is 6.92. The van der Waals surface area contributed by atoms with Gasteiger partial charge in [0.25, 0.3) is 0 Å². The molecule has 2 aromatic rings. The van der Waals surface area contributed by atoms with Crippen LogP contribution in [-0.4, -0.2) is 21.8 Å². The minimum absolute atomic E-state index is 0.755. The summed E-state index contributed by atoms with van der Waals surface area (Å²) in [6, 6.07) is 21.3. The van der Waals surface area contributed by atoms with Crippen LogP contribution in [0.2, 0.25) is 0 Å². The minimum Gasteiger partial charge on any atom is -0.388 e. The van der Waals surface area contributed by atoms with Gasteiger partial charge in [-0.3, -0.25) is 0 Å². The van der Waals surface area contributed by atoms with E-state index in [1.807, 2.05) is 0 Å². The van der Waals surface area contributed by atoms with Gasteiger partial charge < -0.3 is 8.85 Å². The molecule has 31 heavy (non-hydrogen) atoms. The van der Waals surface area contributed by atoms with Crippen molar-refractivity contribution in [2.45, 2.75) is 90.9 Å². The molecule has 0 spiro atoms. The molecule has 0 atom stereocenters. The first-order chi connectivity index (χ1) is 15.3. The lowest BCUT2D eigenvalue weighted by Crippen LogP contribution is -2.63. The van der Waals surface area contributed by atoms with Crippen molar-refractivity contribution in [1.82, 2.24) is 0 Å². The maximum Gasteiger partial charge on any atom is 0.407 e. The third kappa shape index (κ3) is 9.30. The number of rotatable bonds is 18. The molecular weight excluding hydrogens is 396 g/mol. The van der Waals surface area contributed by atoms with Crippen LogP contribution in [0.3, 0.4) is 0 Å². The number of hydrogen-bond donors (Lipinski definition) is 0. The third-order valence-corrected chi connectivity index (χ3v) is 9.32. The lowest BCUT2D eigenvalue weighted by atomic mass is 10.1. The van der Waals surface area contributed by atoms with Crippen molar-refractivity contribution in [2.24, 2.45) is 0 Å². The van der Waals surface area contributed by atoms with E-state index < -0.39 is 8.56 Å². The van der Waals surface area contributed by atoms with E-state index in [4.69, 9.17) is 8.85 Å². The second-order valence-electron chi connectivity index (χ2n) is 8.58. The Bertz CT molecular complexity index is 620. The minimum atomic E-state index is -2.68. The summed E-state index contributed by atoms with van der Waals surface area (Å²) in [5, 5.41) is 2.42. The Kier molecular flexibility index (Phi) is 13.5. The molecule has 0 saturated heterocycles. The van der Waals surface area contributed by atoms with Crippen LogP contribution in [0.1, 0.15) is 90.9 Å². The molecule has 0 bridgehead atoms. The fourth-order valence-electron chi connectivity index (χ4n) is 4.02. The van der Waals surface area contributed by atoms with Crippen LogP contribution in [-0.2, 0) is 8.85 Å². The molecule has 2 aromatic carbocycles. The lowest BCUT2D eigenvalue weighted by molar-refractivity contribution is 0.185. The standard InChI is InChI=1S/C28H44O2Si/c1-3-5-7-8-9-10-11-12-13-20-26-30-31(29-25-6-4-2,27-21-16-14-17-22-27)28-23-18-15-19-24-28/h14-19,21-24H,3-13,20,25-26H2,1-2H3. The van der Waals surface area contributed by atoms with Gasteiger partial charge in [0.1, 0.15) is 0 Å². The lowest BCUT2D eigenvalue weighted by Gasteiger charge is -2.31. The molecule has 0 aliphatic carbocycles. The highest BCUT2D eigenvalue weighted by Crippen LogP contribution is 2.14. The maximum atomic E-state index is 6.74. The van der Waals surface area contributed by atoms with E-state index >= 15 is 0 Å². The fourth-order valence-corrected chi connectivity index (χ4v) is 7.23. The van der Waals surface area contributed by atoms with E-state index in [1.165, 1.54) is 68.2 Å². The van der Waals surface area contributed by atoms with Crippen molar-refractivity contribution in [3.63, 3.8) is 0 Å². The van der Waals surface area contributed by atoms with E-state index in [0.717, 1.165) is 32.5 Å². The topological polar surface area (TPSA) is 18.5 Å². The summed E-state index contributed by atoms with van der Waals surface area (Å²) in [6.07, 6.45) is 15.6. The van der Waals surface area contributed by atoms with Crippen molar-refractivity contribution in [2.75, 3.05) is 13.2 Å². The molecule has 0 amide bonds. The molecule has 0 radical (unpaired) electrons. The van der Waals surface area contributed by atoms with Crippen molar-refractivity contribution < 1.29 is 8.85 Å². The molecule has 0 fully saturated rings. The molecule has 2 rings (SSSR count). The zero-order chi connectivity index (χ0) is 22.0. The Morgan fingerprint density at radius 2 is 0.871 bits per heavy atom. The molecule has 0 aliphatic rings. The Balaban J connectivity index is 1.90. The van der Waals surface area contributed by atoms with E-state index in [-0.39, 0.29) is 0 Å². The molecular formula is C28H44O2Si. The van der Waals surface area contributed by atoms with Gasteiger partial charge in [-0.15, -0.1) is 0 Å². The molecule has 0 unspecified atom stereocenters. The highest BCUT2D eigenvalue weighted by atomic mass is 28.4. The molecule has 0 N–H and O–H groups in total. The van der Waals surface area contributed by atoms with Crippen molar-refractivity contribution in [3.05, 3.63) is 60.7 Å². The van der Waals surface area contributed by atoms with Gasteiger partial charge in [-0.2, -0.15) is 0 Å². The molecule has 0 aromatic heterocycles. The monoisotopic (exact) mass is 440 g/mol. The molecule has 2 nitrogen and oxygen atoms in total. The predicted octanol–water partition coefficient (Wildman–Crippen LogP) is 7.00. The Hall–Kier alpha value is -1.42. The maximum absolute atomic E-state index is 6.74. The van der Waals surface area contributed by atoms with E-state index in [2.05, 4.69) is 74.5 Å². The molecule has 0 heterocycles. The first kappa shape index (κ1) is 25.8. The summed E-state index contributed by atoms with van der Waals surface area (Å²) >= 11 is 0. The first-order valence-corrected chi connectivity index (χ1v) is 14.5. The summed E-state index contributed by atoms with van der Waals surface area (Å²) in [5.74, 6) is 0. The SMILES string of the molecule is CCCCCCCCCCCCO[Si](OCCCC)(c1ccccc1)c1ccccc1. The van der Waals surface area contributed by atoms with Gasteiger partial charge in [-0.1, -0.05) is 139 Å². The molecule has 172 valence electrons. The van der Waals surface area contributed by atoms with Crippen LogP contribution in [0, 0.1) is 0 Å². The van der Waals surface area contributed by atoms with Crippen LogP contribution in [0.5, 0.6) is 0 Å². The summed E-state index contributed by atoms with van der Waals surface area (Å²) in [5.41, 5.74) is 0. The summed E-state index contributed by atoms with van der Waals surface area (Å²) in [7, 11) is -2.68. The largest absolute Gasteiger partial charge is 0.407 e. The Morgan fingerprint density at radius 3 is 1.32 bits per heavy atom. The smallest absolute Gasteiger partial charge is 0.388 e. The van der Waals surface area contributed by atoms with E-state index in [0.29, 0.717) is 0 Å². The van der Waals surface area contributed by atoms with Crippen LogP contribution in [0.15, 0.2) is 60.7 Å². The van der Waals surface area contributed by atoms with Crippen molar-refractivity contribution in [3.8, 4) is 0 Å². The summed E-state index contributed by atoms with van der Waals surface area (Å²) in [4.78, 5) is 0. The number of hydrogen-bond acceptors (Lipinski definition) is 2. The van der Waals surface area contributed by atoms with E-state index in [9.17, 15) is 0 Å². The van der Waals surface area contributed by atoms with Crippen LogP contribution < -0.4 is 10.4 Å². The molecule has 3 heteroatoms. The van der Waals surface area contributed by atoms with Crippen molar-refractivity contribution in [1.29, 1.82) is 0 Å². The normalized spacial score (nSPS) is 11.7. The zero-order valence-corrected chi connectivity index (χ0v) is 21.0. The number of unbranched alkanes of at least 4 members (excludes halogenated alkanes) is 10. The average molecular weight is 441 g/mol. The van der Waals surface area contributed by atoms with Gasteiger partial charge in [0.05, 0.1) is 0 Å². The van der Waals surface area contributed by atoms with Gasteiger partial charge in [0.15, 0.2) is 0 Å². The van der Waals surface area contributed by atoms with Crippen LogP contribution in [0.25, 0.3) is 0 Å². The molecule has 0 aliphatic heterocycles. The van der Waals surface area contributed by atoms with Gasteiger partial charge in [0, 0.05) is 13.2 Å². The predicted molar refractivity (Wildman–Crippen MR) is 137 cm³/mol. The van der Waals surface area contributed by atoms with Crippen molar-refractivity contribution >= 4 is 18.9 Å². The second-order valence-corrected chi connectivity index (χ2v) is 11.5. The number of benzene rings is 2. The third-order valence-electron chi connectivity index (χ3n) is 5.91. The quantitative estimate of drug-likeness (QED) is 0.183. The first-order valence-electron chi connectivity index (χ1n) is 12.7. The zero-order valence-electron chi connectivity index (χ0n) is 20.0. The second kappa shape index (κ2) is 16.2. The Labute approximate surface area is 192 Å². The van der Waals surface area contributed by atoms with Gasteiger partial charge in [-0.25, -0.2) is 0 Å². The van der Waals surface area contributed by atoms with Crippen LogP contribution in [0.4, 0.5) is 0 Å². The average Bonchev–Trinajstić information content (AvgIpc) is 2.82. The molecule has 0 saturated carbocycles. The van der Waals surface area contributed by atoms with Gasteiger partial charge in [-0.05, 0) is 23.2 Å².